The number of amides is 1. The Morgan fingerprint density at radius 3 is 2.82 bits per heavy atom. The van der Waals surface area contributed by atoms with E-state index in [0.29, 0.717) is 18.9 Å². The van der Waals surface area contributed by atoms with Crippen molar-refractivity contribution in [2.24, 2.45) is 0 Å². The van der Waals surface area contributed by atoms with Crippen molar-refractivity contribution in [1.82, 2.24) is 25.9 Å². The van der Waals surface area contributed by atoms with Crippen molar-refractivity contribution in [1.29, 1.82) is 0 Å². The Balaban J connectivity index is 1.41. The molecule has 0 atom stereocenters. The number of rotatable bonds is 8. The fraction of sp³-hybridized carbons (Fsp3) is 0.120. The van der Waals surface area contributed by atoms with Crippen molar-refractivity contribution in [3.63, 3.8) is 0 Å². The van der Waals surface area contributed by atoms with E-state index in [1.807, 2.05) is 66.7 Å². The van der Waals surface area contributed by atoms with Crippen molar-refractivity contribution in [2.75, 3.05) is 0 Å². The molecule has 0 bridgehead atoms. The normalized spacial score (nSPS) is 10.9. The molecule has 0 aliphatic rings. The second-order valence-electron chi connectivity index (χ2n) is 7.74. The molecule has 2 heterocycles. The summed E-state index contributed by atoms with van der Waals surface area (Å²) in [5, 5.41) is 26.4. The van der Waals surface area contributed by atoms with E-state index in [0.717, 1.165) is 44.5 Å². The third-order valence-corrected chi connectivity index (χ3v) is 5.40. The van der Waals surface area contributed by atoms with Gasteiger partial charge in [-0.1, -0.05) is 41.6 Å². The Labute approximate surface area is 194 Å². The van der Waals surface area contributed by atoms with Crippen LogP contribution in [0, 0.1) is 0 Å². The predicted molar refractivity (Wildman–Crippen MR) is 124 cm³/mol. The number of hydrogen-bond acceptors (Lipinski definition) is 6. The second-order valence-corrected chi connectivity index (χ2v) is 7.74. The van der Waals surface area contributed by atoms with Gasteiger partial charge < -0.3 is 19.6 Å². The molecule has 2 aromatic heterocycles. The number of aromatic nitrogens is 4. The summed E-state index contributed by atoms with van der Waals surface area (Å²) in [4.78, 5) is 10.9. The maximum Gasteiger partial charge on any atom is 0.404 e. The number of aromatic amines is 1. The Hall–Kier alpha value is -4.66. The molecule has 0 aliphatic heterocycles. The summed E-state index contributed by atoms with van der Waals surface area (Å²) < 4.78 is 11.9. The highest BCUT2D eigenvalue weighted by molar-refractivity contribution is 5.93. The molecule has 1 amide bonds. The molecule has 5 aromatic rings. The van der Waals surface area contributed by atoms with E-state index >= 15 is 0 Å². The first-order valence-electron chi connectivity index (χ1n) is 10.6. The summed E-state index contributed by atoms with van der Waals surface area (Å²) in [6.07, 6.45) is 1.11. The number of hydrogen-bond donors (Lipinski definition) is 3. The van der Waals surface area contributed by atoms with Gasteiger partial charge in [0.15, 0.2) is 5.82 Å². The molecule has 0 saturated carbocycles. The number of tetrazole rings is 1. The Kier molecular flexibility index (Phi) is 5.89. The molecule has 0 fully saturated rings. The number of ether oxygens (including phenoxy) is 1. The molecule has 9 heteroatoms. The SMILES string of the molecule is O=C(O)NCc1cccc(-c2cc(COc3ccccc3Cc3nn[nH]n3)cc3ccoc23)c1. The van der Waals surface area contributed by atoms with E-state index < -0.39 is 6.09 Å². The van der Waals surface area contributed by atoms with E-state index in [2.05, 4.69) is 25.9 Å². The monoisotopic (exact) mass is 455 g/mol. The zero-order valence-corrected chi connectivity index (χ0v) is 18.1. The van der Waals surface area contributed by atoms with Gasteiger partial charge in [-0.05, 0) is 47.0 Å². The van der Waals surface area contributed by atoms with E-state index in [1.165, 1.54) is 0 Å². The summed E-state index contributed by atoms with van der Waals surface area (Å²) in [6.45, 7) is 0.585. The summed E-state index contributed by atoms with van der Waals surface area (Å²) in [5.41, 5.74) is 5.42. The van der Waals surface area contributed by atoms with Gasteiger partial charge in [-0.25, -0.2) is 4.79 Å². The van der Waals surface area contributed by atoms with E-state index in [4.69, 9.17) is 14.3 Å². The van der Waals surface area contributed by atoms with Gasteiger partial charge in [0.25, 0.3) is 0 Å². The number of carbonyl (C=O) groups is 1. The summed E-state index contributed by atoms with van der Waals surface area (Å²) in [6, 6.07) is 21.5. The molecule has 0 radical (unpaired) electrons. The number of nitrogens with one attached hydrogen (secondary N) is 2. The van der Waals surface area contributed by atoms with Crippen LogP contribution in [0.4, 0.5) is 4.79 Å². The molecular weight excluding hydrogens is 434 g/mol. The number of para-hydroxylation sites is 1. The first-order chi connectivity index (χ1) is 16.7. The molecule has 3 aromatic carbocycles. The molecule has 0 spiro atoms. The van der Waals surface area contributed by atoms with Crippen molar-refractivity contribution in [3.8, 4) is 16.9 Å². The minimum absolute atomic E-state index is 0.227. The zero-order chi connectivity index (χ0) is 23.3. The van der Waals surface area contributed by atoms with Gasteiger partial charge >= 0.3 is 6.09 Å². The minimum atomic E-state index is -1.06. The Morgan fingerprint density at radius 1 is 1.06 bits per heavy atom. The quantitative estimate of drug-likeness (QED) is 0.313. The second kappa shape index (κ2) is 9.45. The largest absolute Gasteiger partial charge is 0.489 e. The number of fused-ring (bicyclic) bond motifs is 1. The zero-order valence-electron chi connectivity index (χ0n) is 18.1. The van der Waals surface area contributed by atoms with Gasteiger partial charge in [0.2, 0.25) is 0 Å². The maximum atomic E-state index is 10.9. The fourth-order valence-electron chi connectivity index (χ4n) is 3.85. The highest BCUT2D eigenvalue weighted by atomic mass is 16.5. The van der Waals surface area contributed by atoms with Crippen LogP contribution in [0.15, 0.2) is 77.4 Å². The molecular formula is C25H21N5O4. The van der Waals surface area contributed by atoms with Crippen LogP contribution in [0.5, 0.6) is 5.75 Å². The van der Waals surface area contributed by atoms with Crippen molar-refractivity contribution < 1.29 is 19.1 Å². The Bertz CT molecular complexity index is 1430. The molecule has 0 aliphatic carbocycles. The van der Waals surface area contributed by atoms with Crippen LogP contribution in [-0.2, 0) is 19.6 Å². The minimum Gasteiger partial charge on any atom is -0.489 e. The van der Waals surface area contributed by atoms with E-state index in [9.17, 15) is 4.79 Å². The van der Waals surface area contributed by atoms with Crippen molar-refractivity contribution in [2.45, 2.75) is 19.6 Å². The van der Waals surface area contributed by atoms with Crippen LogP contribution >= 0.6 is 0 Å². The van der Waals surface area contributed by atoms with Crippen LogP contribution in [0.25, 0.3) is 22.1 Å². The molecule has 5 rings (SSSR count). The molecule has 34 heavy (non-hydrogen) atoms. The van der Waals surface area contributed by atoms with Gasteiger partial charge in [0.1, 0.15) is 17.9 Å². The maximum absolute atomic E-state index is 10.9. The number of nitrogens with zero attached hydrogens (tertiary/aromatic N) is 3. The Morgan fingerprint density at radius 2 is 1.97 bits per heavy atom. The van der Waals surface area contributed by atoms with Gasteiger partial charge in [0.05, 0.1) is 6.26 Å². The lowest BCUT2D eigenvalue weighted by molar-refractivity contribution is 0.194. The highest BCUT2D eigenvalue weighted by Crippen LogP contribution is 2.32. The van der Waals surface area contributed by atoms with Crippen LogP contribution in [-0.4, -0.2) is 31.8 Å². The fourth-order valence-corrected chi connectivity index (χ4v) is 3.85. The lowest BCUT2D eigenvalue weighted by atomic mass is 9.99. The number of carboxylic acid groups (broad SMARTS) is 1. The summed E-state index contributed by atoms with van der Waals surface area (Å²) in [7, 11) is 0. The third-order valence-electron chi connectivity index (χ3n) is 5.40. The van der Waals surface area contributed by atoms with E-state index in [1.54, 1.807) is 6.26 Å². The molecule has 170 valence electrons. The van der Waals surface area contributed by atoms with E-state index in [-0.39, 0.29) is 6.54 Å². The standard InChI is InChI=1S/C25H21N5O4/c31-25(32)26-14-16-4-3-6-18(10-16)21-12-17(11-20-8-9-33-24(20)21)15-34-22-7-2-1-5-19(22)13-23-27-29-30-28-23/h1-12,26H,13-15H2,(H,31,32)(H,27,28,29,30). The topological polar surface area (TPSA) is 126 Å². The molecule has 3 N–H and O–H groups in total. The lowest BCUT2D eigenvalue weighted by Crippen LogP contribution is -2.19. The predicted octanol–water partition coefficient (Wildman–Crippen LogP) is 4.55. The average molecular weight is 455 g/mol. The van der Waals surface area contributed by atoms with Crippen molar-refractivity contribution in [3.05, 3.63) is 95.5 Å². The molecule has 0 saturated heterocycles. The number of benzene rings is 3. The van der Waals surface area contributed by atoms with Crippen LogP contribution < -0.4 is 10.1 Å². The highest BCUT2D eigenvalue weighted by Gasteiger charge is 2.12. The number of furan rings is 1. The average Bonchev–Trinajstić information content (AvgIpc) is 3.54. The van der Waals surface area contributed by atoms with Gasteiger partial charge in [0, 0.05) is 29.5 Å². The molecule has 0 unspecified atom stereocenters. The third kappa shape index (κ3) is 4.73. The van der Waals surface area contributed by atoms with Crippen molar-refractivity contribution >= 4 is 17.1 Å². The van der Waals surface area contributed by atoms with Crippen LogP contribution in [0.1, 0.15) is 22.5 Å². The lowest BCUT2D eigenvalue weighted by Gasteiger charge is -2.12. The van der Waals surface area contributed by atoms with Crippen LogP contribution in [0.2, 0.25) is 0 Å². The summed E-state index contributed by atoms with van der Waals surface area (Å²) in [5.74, 6) is 1.35. The van der Waals surface area contributed by atoms with Gasteiger partial charge in [-0.2, -0.15) is 5.21 Å². The summed E-state index contributed by atoms with van der Waals surface area (Å²) >= 11 is 0. The molecule has 9 nitrogen and oxygen atoms in total. The van der Waals surface area contributed by atoms with Crippen LogP contribution in [0.3, 0.4) is 0 Å². The number of H-pyrrole nitrogens is 1. The van der Waals surface area contributed by atoms with Gasteiger partial charge in [-0.15, -0.1) is 10.2 Å². The van der Waals surface area contributed by atoms with Gasteiger partial charge in [-0.3, -0.25) is 0 Å². The first kappa shape index (κ1) is 21.2. The smallest absolute Gasteiger partial charge is 0.404 e. The first-order valence-corrected chi connectivity index (χ1v) is 10.6.